The van der Waals surface area contributed by atoms with Gasteiger partial charge in [0.2, 0.25) is 0 Å². The van der Waals surface area contributed by atoms with E-state index in [4.69, 9.17) is 0 Å². The molecule has 3 nitrogen and oxygen atoms in total. The highest BCUT2D eigenvalue weighted by Gasteiger charge is 2.11. The van der Waals surface area contributed by atoms with Crippen LogP contribution in [0.3, 0.4) is 0 Å². The molecule has 0 fully saturated rings. The summed E-state index contributed by atoms with van der Waals surface area (Å²) in [5, 5.41) is 0. The number of carbonyl (C=O) groups excluding carboxylic acids is 1. The minimum absolute atomic E-state index is 0.136. The first-order valence-corrected chi connectivity index (χ1v) is 6.56. The molecule has 100 valence electrons. The lowest BCUT2D eigenvalue weighted by Gasteiger charge is -2.25. The van der Waals surface area contributed by atoms with E-state index in [1.54, 1.807) is 6.92 Å². The molecule has 0 saturated heterocycles. The fourth-order valence-corrected chi connectivity index (χ4v) is 2.07. The lowest BCUT2D eigenvalue weighted by molar-refractivity contribution is 0.101. The number of carbonyl (C=O) groups is 1. The van der Waals surface area contributed by atoms with E-state index in [0.717, 1.165) is 37.3 Å². The van der Waals surface area contributed by atoms with E-state index < -0.39 is 0 Å². The lowest BCUT2D eigenvalue weighted by atomic mass is 10.1. The Morgan fingerprint density at radius 3 is 2.39 bits per heavy atom. The van der Waals surface area contributed by atoms with Gasteiger partial charge in [-0.05, 0) is 53.0 Å². The van der Waals surface area contributed by atoms with Gasteiger partial charge in [-0.25, -0.2) is 0 Å². The van der Waals surface area contributed by atoms with Gasteiger partial charge in [-0.2, -0.15) is 0 Å². The van der Waals surface area contributed by atoms with Gasteiger partial charge in [-0.3, -0.25) is 4.79 Å². The van der Waals surface area contributed by atoms with Crippen LogP contribution >= 0.6 is 0 Å². The summed E-state index contributed by atoms with van der Waals surface area (Å²) in [6.45, 7) is 6.74. The van der Waals surface area contributed by atoms with E-state index in [1.165, 1.54) is 0 Å². The number of para-hydroxylation sites is 1. The van der Waals surface area contributed by atoms with Crippen molar-refractivity contribution >= 4 is 11.5 Å². The number of hydrogen-bond acceptors (Lipinski definition) is 3. The SMILES string of the molecule is CCN(CCCN(C)C)c1ccccc1C(C)=O. The molecule has 0 heterocycles. The summed E-state index contributed by atoms with van der Waals surface area (Å²) in [4.78, 5) is 16.1. The van der Waals surface area contributed by atoms with Crippen LogP contribution < -0.4 is 4.90 Å². The quantitative estimate of drug-likeness (QED) is 0.693. The Bertz CT molecular complexity index is 388. The van der Waals surface area contributed by atoms with Crippen LogP contribution in [-0.2, 0) is 0 Å². The van der Waals surface area contributed by atoms with Crippen LogP contribution in [0.4, 0.5) is 5.69 Å². The Morgan fingerprint density at radius 1 is 1.17 bits per heavy atom. The topological polar surface area (TPSA) is 23.6 Å². The summed E-state index contributed by atoms with van der Waals surface area (Å²) in [5.41, 5.74) is 1.88. The fourth-order valence-electron chi connectivity index (χ4n) is 2.07. The van der Waals surface area contributed by atoms with Crippen molar-refractivity contribution < 1.29 is 4.79 Å². The molecule has 0 aliphatic rings. The van der Waals surface area contributed by atoms with Crippen molar-refractivity contribution in [2.24, 2.45) is 0 Å². The Balaban J connectivity index is 2.78. The highest BCUT2D eigenvalue weighted by atomic mass is 16.1. The number of ketones is 1. The molecule has 0 saturated carbocycles. The number of rotatable bonds is 7. The molecular weight excluding hydrogens is 224 g/mol. The molecule has 3 heteroatoms. The third-order valence-electron chi connectivity index (χ3n) is 3.04. The standard InChI is InChI=1S/C15H24N2O/c1-5-17(12-8-11-16(3)4)15-10-7-6-9-14(15)13(2)18/h6-7,9-10H,5,8,11-12H2,1-4H3. The molecule has 0 aliphatic heterocycles. The monoisotopic (exact) mass is 248 g/mol. The van der Waals surface area contributed by atoms with Crippen LogP contribution in [0.2, 0.25) is 0 Å². The van der Waals surface area contributed by atoms with Gasteiger partial charge >= 0.3 is 0 Å². The second-order valence-corrected chi connectivity index (χ2v) is 4.81. The fraction of sp³-hybridized carbons (Fsp3) is 0.533. The molecule has 0 bridgehead atoms. The molecule has 0 atom stereocenters. The first kappa shape index (κ1) is 14.7. The van der Waals surface area contributed by atoms with E-state index in [9.17, 15) is 4.79 Å². The Hall–Kier alpha value is -1.35. The number of benzene rings is 1. The summed E-state index contributed by atoms with van der Waals surface area (Å²) in [6.07, 6.45) is 1.10. The number of nitrogens with zero attached hydrogens (tertiary/aromatic N) is 2. The van der Waals surface area contributed by atoms with Gasteiger partial charge in [0.25, 0.3) is 0 Å². The molecule has 0 radical (unpaired) electrons. The maximum Gasteiger partial charge on any atom is 0.161 e. The van der Waals surface area contributed by atoms with Gasteiger partial charge in [0, 0.05) is 24.3 Å². The van der Waals surface area contributed by atoms with E-state index in [2.05, 4.69) is 30.8 Å². The summed E-state index contributed by atoms with van der Waals surface area (Å²) in [5.74, 6) is 0.136. The number of hydrogen-bond donors (Lipinski definition) is 0. The summed E-state index contributed by atoms with van der Waals surface area (Å²) in [6, 6.07) is 7.87. The molecule has 0 N–H and O–H groups in total. The highest BCUT2D eigenvalue weighted by molar-refractivity contribution is 5.99. The molecule has 0 spiro atoms. The molecule has 0 aromatic heterocycles. The minimum Gasteiger partial charge on any atom is -0.371 e. The largest absolute Gasteiger partial charge is 0.371 e. The lowest BCUT2D eigenvalue weighted by Crippen LogP contribution is -2.28. The molecule has 0 aliphatic carbocycles. The van der Waals surface area contributed by atoms with Gasteiger partial charge in [0.15, 0.2) is 5.78 Å². The Kier molecular flexibility index (Phi) is 5.86. The zero-order valence-electron chi connectivity index (χ0n) is 11.9. The molecule has 0 unspecified atom stereocenters. The van der Waals surface area contributed by atoms with Crippen LogP contribution in [0.15, 0.2) is 24.3 Å². The third kappa shape index (κ3) is 4.15. The van der Waals surface area contributed by atoms with E-state index in [1.807, 2.05) is 24.3 Å². The average molecular weight is 248 g/mol. The number of anilines is 1. The zero-order valence-corrected chi connectivity index (χ0v) is 11.9. The second kappa shape index (κ2) is 7.17. The summed E-state index contributed by atoms with van der Waals surface area (Å²) < 4.78 is 0. The van der Waals surface area contributed by atoms with Crippen molar-refractivity contribution in [1.82, 2.24) is 4.90 Å². The first-order valence-electron chi connectivity index (χ1n) is 6.56. The van der Waals surface area contributed by atoms with Gasteiger partial charge < -0.3 is 9.80 Å². The van der Waals surface area contributed by atoms with Crippen molar-refractivity contribution in [3.05, 3.63) is 29.8 Å². The van der Waals surface area contributed by atoms with E-state index >= 15 is 0 Å². The predicted octanol–water partition coefficient (Wildman–Crippen LogP) is 2.67. The highest BCUT2D eigenvalue weighted by Crippen LogP contribution is 2.20. The zero-order chi connectivity index (χ0) is 13.5. The van der Waals surface area contributed by atoms with Crippen molar-refractivity contribution in [3.63, 3.8) is 0 Å². The second-order valence-electron chi connectivity index (χ2n) is 4.81. The molecular formula is C15H24N2O. The summed E-state index contributed by atoms with van der Waals surface area (Å²) >= 11 is 0. The molecule has 1 aromatic carbocycles. The summed E-state index contributed by atoms with van der Waals surface area (Å²) in [7, 11) is 4.17. The van der Waals surface area contributed by atoms with Crippen LogP contribution in [-0.4, -0.2) is 44.4 Å². The maximum atomic E-state index is 11.6. The first-order chi connectivity index (χ1) is 8.56. The smallest absolute Gasteiger partial charge is 0.161 e. The van der Waals surface area contributed by atoms with Crippen LogP contribution in [0.1, 0.15) is 30.6 Å². The van der Waals surface area contributed by atoms with Gasteiger partial charge in [0.1, 0.15) is 0 Å². The van der Waals surface area contributed by atoms with Gasteiger partial charge in [-0.15, -0.1) is 0 Å². The van der Waals surface area contributed by atoms with Gasteiger partial charge in [0.05, 0.1) is 0 Å². The van der Waals surface area contributed by atoms with E-state index in [-0.39, 0.29) is 5.78 Å². The van der Waals surface area contributed by atoms with Crippen LogP contribution in [0.25, 0.3) is 0 Å². The van der Waals surface area contributed by atoms with Crippen molar-refractivity contribution in [3.8, 4) is 0 Å². The van der Waals surface area contributed by atoms with E-state index in [0.29, 0.717) is 0 Å². The van der Waals surface area contributed by atoms with Crippen LogP contribution in [0.5, 0.6) is 0 Å². The molecule has 1 aromatic rings. The molecule has 1 rings (SSSR count). The normalized spacial score (nSPS) is 10.7. The van der Waals surface area contributed by atoms with Gasteiger partial charge in [-0.1, -0.05) is 12.1 Å². The van der Waals surface area contributed by atoms with Crippen LogP contribution in [0, 0.1) is 0 Å². The predicted molar refractivity (Wildman–Crippen MR) is 77.5 cm³/mol. The molecule has 0 amide bonds. The maximum absolute atomic E-state index is 11.6. The van der Waals surface area contributed by atoms with Crippen molar-refractivity contribution in [1.29, 1.82) is 0 Å². The molecule has 18 heavy (non-hydrogen) atoms. The Labute approximate surface area is 110 Å². The number of Topliss-reactive ketones (excluding diaryl/α,β-unsaturated/α-hetero) is 1. The third-order valence-corrected chi connectivity index (χ3v) is 3.04. The average Bonchev–Trinajstić information content (AvgIpc) is 2.34. The van der Waals surface area contributed by atoms with Crippen molar-refractivity contribution in [2.75, 3.05) is 38.6 Å². The van der Waals surface area contributed by atoms with Crippen molar-refractivity contribution in [2.45, 2.75) is 20.3 Å². The minimum atomic E-state index is 0.136. The Morgan fingerprint density at radius 2 is 1.83 bits per heavy atom.